The van der Waals surface area contributed by atoms with Crippen molar-refractivity contribution in [1.82, 2.24) is 0 Å². The van der Waals surface area contributed by atoms with Crippen LogP contribution in [0.1, 0.15) is 32.1 Å². The molecule has 0 spiro atoms. The van der Waals surface area contributed by atoms with Gasteiger partial charge in [-0.1, -0.05) is 6.42 Å². The van der Waals surface area contributed by atoms with Gasteiger partial charge in [0.25, 0.3) is 6.08 Å². The third-order valence-electron chi connectivity index (χ3n) is 1.72. The molecule has 1 rings (SSSR count). The molecule has 0 amide bonds. The first-order chi connectivity index (χ1) is 4.30. The highest BCUT2D eigenvalue weighted by Gasteiger charge is 2.09. The van der Waals surface area contributed by atoms with Crippen LogP contribution < -0.4 is 0 Å². The van der Waals surface area contributed by atoms with Gasteiger partial charge in [0.2, 0.25) is 0 Å². The minimum atomic E-state index is -1.44. The lowest BCUT2D eigenvalue weighted by Crippen LogP contribution is -1.93. The SMILES string of the molecule is FC(F)=C1CCCCC1. The summed E-state index contributed by atoms with van der Waals surface area (Å²) in [7, 11) is 0. The fraction of sp³-hybridized carbons (Fsp3) is 0.714. The first-order valence-corrected chi connectivity index (χ1v) is 3.34. The van der Waals surface area contributed by atoms with Crippen LogP contribution in [0.4, 0.5) is 8.78 Å². The van der Waals surface area contributed by atoms with Crippen molar-refractivity contribution in [2.45, 2.75) is 32.1 Å². The summed E-state index contributed by atoms with van der Waals surface area (Å²) in [5.74, 6) is 0. The van der Waals surface area contributed by atoms with Crippen LogP contribution in [0, 0.1) is 0 Å². The number of rotatable bonds is 0. The molecule has 0 aromatic carbocycles. The number of allylic oxidation sites excluding steroid dienone is 1. The van der Waals surface area contributed by atoms with Gasteiger partial charge in [0.1, 0.15) is 0 Å². The molecule has 1 aliphatic carbocycles. The van der Waals surface area contributed by atoms with E-state index in [1.807, 2.05) is 0 Å². The summed E-state index contributed by atoms with van der Waals surface area (Å²) in [5, 5.41) is 0. The second-order valence-electron chi connectivity index (χ2n) is 2.42. The van der Waals surface area contributed by atoms with Gasteiger partial charge in [0.05, 0.1) is 0 Å². The summed E-state index contributed by atoms with van der Waals surface area (Å²) in [5.41, 5.74) is 0.390. The van der Waals surface area contributed by atoms with Gasteiger partial charge in [-0.3, -0.25) is 0 Å². The Bertz CT molecular complexity index is 115. The van der Waals surface area contributed by atoms with E-state index < -0.39 is 6.08 Å². The molecule has 0 bridgehead atoms. The number of hydrogen-bond donors (Lipinski definition) is 0. The fourth-order valence-corrected chi connectivity index (χ4v) is 1.17. The molecular weight excluding hydrogens is 122 g/mol. The largest absolute Gasteiger partial charge is 0.269 e. The minimum Gasteiger partial charge on any atom is -0.173 e. The van der Waals surface area contributed by atoms with Crippen LogP contribution in [0.2, 0.25) is 0 Å². The van der Waals surface area contributed by atoms with Gasteiger partial charge >= 0.3 is 0 Å². The van der Waals surface area contributed by atoms with E-state index in [1.54, 1.807) is 0 Å². The Hall–Kier alpha value is -0.400. The molecule has 2 heteroatoms. The topological polar surface area (TPSA) is 0 Å². The average molecular weight is 132 g/mol. The lowest BCUT2D eigenvalue weighted by atomic mass is 9.96. The molecule has 0 saturated heterocycles. The Kier molecular flexibility index (Phi) is 2.20. The van der Waals surface area contributed by atoms with Crippen molar-refractivity contribution < 1.29 is 8.78 Å². The van der Waals surface area contributed by atoms with Crippen molar-refractivity contribution in [1.29, 1.82) is 0 Å². The van der Waals surface area contributed by atoms with Crippen molar-refractivity contribution in [3.8, 4) is 0 Å². The zero-order valence-corrected chi connectivity index (χ0v) is 5.29. The Balaban J connectivity index is 2.49. The minimum absolute atomic E-state index is 0.390. The quantitative estimate of drug-likeness (QED) is 0.475. The van der Waals surface area contributed by atoms with Gasteiger partial charge < -0.3 is 0 Å². The molecular formula is C7H10F2. The first kappa shape index (κ1) is 6.72. The van der Waals surface area contributed by atoms with Crippen LogP contribution in [-0.4, -0.2) is 0 Å². The predicted molar refractivity (Wildman–Crippen MR) is 32.3 cm³/mol. The molecule has 1 fully saturated rings. The lowest BCUT2D eigenvalue weighted by Gasteiger charge is -2.11. The van der Waals surface area contributed by atoms with Crippen LogP contribution in [-0.2, 0) is 0 Å². The second kappa shape index (κ2) is 2.95. The number of hydrogen-bond acceptors (Lipinski definition) is 0. The summed E-state index contributed by atoms with van der Waals surface area (Å²) >= 11 is 0. The van der Waals surface area contributed by atoms with E-state index in [-0.39, 0.29) is 0 Å². The molecule has 0 heterocycles. The zero-order chi connectivity index (χ0) is 6.69. The van der Waals surface area contributed by atoms with Gasteiger partial charge in [-0.25, -0.2) is 0 Å². The van der Waals surface area contributed by atoms with E-state index in [0.29, 0.717) is 18.4 Å². The van der Waals surface area contributed by atoms with E-state index in [4.69, 9.17) is 0 Å². The van der Waals surface area contributed by atoms with Gasteiger partial charge in [-0.2, -0.15) is 8.78 Å². The summed E-state index contributed by atoms with van der Waals surface area (Å²) < 4.78 is 23.6. The van der Waals surface area contributed by atoms with Crippen LogP contribution in [0.25, 0.3) is 0 Å². The standard InChI is InChI=1S/C7H10F2/c8-7(9)6-4-2-1-3-5-6/h1-5H2. The molecule has 0 unspecified atom stereocenters. The maximum Gasteiger partial charge on any atom is 0.269 e. The molecule has 0 atom stereocenters. The molecule has 0 aromatic rings. The third kappa shape index (κ3) is 1.77. The van der Waals surface area contributed by atoms with Crippen molar-refractivity contribution in [2.75, 3.05) is 0 Å². The molecule has 1 saturated carbocycles. The maximum absolute atomic E-state index is 11.8. The van der Waals surface area contributed by atoms with Crippen molar-refractivity contribution in [2.24, 2.45) is 0 Å². The maximum atomic E-state index is 11.8. The Morgan fingerprint density at radius 1 is 1.00 bits per heavy atom. The van der Waals surface area contributed by atoms with E-state index >= 15 is 0 Å². The van der Waals surface area contributed by atoms with E-state index in [2.05, 4.69) is 0 Å². The summed E-state index contributed by atoms with van der Waals surface area (Å²) in [6.45, 7) is 0. The summed E-state index contributed by atoms with van der Waals surface area (Å²) in [6, 6.07) is 0. The Morgan fingerprint density at radius 2 is 1.56 bits per heavy atom. The van der Waals surface area contributed by atoms with Crippen molar-refractivity contribution in [3.05, 3.63) is 11.7 Å². The van der Waals surface area contributed by atoms with Crippen LogP contribution in [0.3, 0.4) is 0 Å². The van der Waals surface area contributed by atoms with Crippen molar-refractivity contribution in [3.63, 3.8) is 0 Å². The highest BCUT2D eigenvalue weighted by Crippen LogP contribution is 2.26. The third-order valence-corrected chi connectivity index (χ3v) is 1.72. The highest BCUT2D eigenvalue weighted by atomic mass is 19.3. The zero-order valence-electron chi connectivity index (χ0n) is 5.29. The predicted octanol–water partition coefficient (Wildman–Crippen LogP) is 3.10. The molecule has 0 nitrogen and oxygen atoms in total. The van der Waals surface area contributed by atoms with E-state index in [1.165, 1.54) is 0 Å². The second-order valence-corrected chi connectivity index (χ2v) is 2.42. The smallest absolute Gasteiger partial charge is 0.173 e. The molecule has 1 aliphatic rings. The Morgan fingerprint density at radius 3 is 1.89 bits per heavy atom. The van der Waals surface area contributed by atoms with Gasteiger partial charge in [-0.05, 0) is 31.3 Å². The lowest BCUT2D eigenvalue weighted by molar-refractivity contribution is 0.393. The van der Waals surface area contributed by atoms with Crippen LogP contribution >= 0.6 is 0 Å². The summed E-state index contributed by atoms with van der Waals surface area (Å²) in [4.78, 5) is 0. The van der Waals surface area contributed by atoms with Gasteiger partial charge in [0, 0.05) is 0 Å². The molecule has 0 aliphatic heterocycles. The first-order valence-electron chi connectivity index (χ1n) is 3.34. The molecule has 0 aromatic heterocycles. The fourth-order valence-electron chi connectivity index (χ4n) is 1.17. The van der Waals surface area contributed by atoms with E-state index in [9.17, 15) is 8.78 Å². The van der Waals surface area contributed by atoms with Gasteiger partial charge in [-0.15, -0.1) is 0 Å². The van der Waals surface area contributed by atoms with E-state index in [0.717, 1.165) is 19.3 Å². The number of halogens is 2. The summed E-state index contributed by atoms with van der Waals surface area (Å²) in [6.07, 6.45) is 2.84. The normalized spacial score (nSPS) is 20.0. The highest BCUT2D eigenvalue weighted by molar-refractivity contribution is 5.04. The Labute approximate surface area is 53.6 Å². The average Bonchev–Trinajstić information content (AvgIpc) is 1.90. The molecule has 52 valence electrons. The molecule has 0 N–H and O–H groups in total. The van der Waals surface area contributed by atoms with Crippen LogP contribution in [0.5, 0.6) is 0 Å². The van der Waals surface area contributed by atoms with Crippen molar-refractivity contribution >= 4 is 0 Å². The van der Waals surface area contributed by atoms with Crippen LogP contribution in [0.15, 0.2) is 11.7 Å². The van der Waals surface area contributed by atoms with Gasteiger partial charge in [0.15, 0.2) is 0 Å². The molecule has 9 heavy (non-hydrogen) atoms. The molecule has 0 radical (unpaired) electrons. The monoisotopic (exact) mass is 132 g/mol.